The summed E-state index contributed by atoms with van der Waals surface area (Å²) in [7, 11) is -4.38. The minimum absolute atomic E-state index is 0. The fraction of sp³-hybridized carbons (Fsp3) is 0.556. The van der Waals surface area contributed by atoms with Crippen molar-refractivity contribution in [2.24, 2.45) is 0 Å². The van der Waals surface area contributed by atoms with Gasteiger partial charge in [0.2, 0.25) is 0 Å². The van der Waals surface area contributed by atoms with Crippen LogP contribution in [0.3, 0.4) is 0 Å². The predicted molar refractivity (Wildman–Crippen MR) is 57.4 cm³/mol. The Labute approximate surface area is 119 Å². The largest absolute Gasteiger partial charge is 1.00 e. The zero-order chi connectivity index (χ0) is 11.9. The number of aliphatic hydroxyl groups excluding tert-OH is 1. The Morgan fingerprint density at radius 3 is 2.06 bits per heavy atom. The third kappa shape index (κ3) is 10.8. The number of nitrogens with zero attached hydrogens (tertiary/aromatic N) is 1. The first-order valence-electron chi connectivity index (χ1n) is 4.45. The van der Waals surface area contributed by atoms with Gasteiger partial charge in [0.1, 0.15) is 0 Å². The van der Waals surface area contributed by atoms with Gasteiger partial charge in [0.05, 0.1) is 22.0 Å². The maximum atomic E-state index is 10.4. The van der Waals surface area contributed by atoms with Crippen LogP contribution in [0.2, 0.25) is 0 Å². The van der Waals surface area contributed by atoms with Gasteiger partial charge < -0.3 is 9.66 Å². The van der Waals surface area contributed by atoms with Gasteiger partial charge in [-0.1, -0.05) is 12.2 Å². The van der Waals surface area contributed by atoms with E-state index in [9.17, 15) is 18.1 Å². The summed E-state index contributed by atoms with van der Waals surface area (Å²) in [6.07, 6.45) is 2.08. The molecule has 1 N–H and O–H groups in total. The van der Waals surface area contributed by atoms with Crippen LogP contribution in [0.1, 0.15) is 0 Å². The monoisotopic (exact) mass is 257 g/mol. The maximum absolute atomic E-state index is 10.4. The molecule has 0 bridgehead atoms. The number of aliphatic hydroxyl groups is 1. The molecule has 0 heterocycles. The van der Waals surface area contributed by atoms with E-state index in [-0.39, 0.29) is 36.1 Å². The van der Waals surface area contributed by atoms with Crippen LogP contribution >= 0.6 is 0 Å². The summed E-state index contributed by atoms with van der Waals surface area (Å²) in [4.78, 5) is 1.73. The number of hydrogen-bond donors (Lipinski definition) is 1. The summed E-state index contributed by atoms with van der Waals surface area (Å²) < 4.78 is 31.1. The fourth-order valence-electron chi connectivity index (χ4n) is 1.18. The van der Waals surface area contributed by atoms with E-state index in [0.29, 0.717) is 13.1 Å². The molecule has 0 radical (unpaired) electrons. The first-order valence-corrected chi connectivity index (χ1v) is 6.02. The van der Waals surface area contributed by atoms with Crippen LogP contribution in [-0.2, 0) is 10.1 Å². The average Bonchev–Trinajstić information content (AvgIpc) is 2.00. The van der Waals surface area contributed by atoms with Crippen LogP contribution in [-0.4, -0.2) is 54.5 Å². The molecular formula is C9H16NNaO4S. The smallest absolute Gasteiger partial charge is 0.748 e. The van der Waals surface area contributed by atoms with E-state index < -0.39 is 22.0 Å². The van der Waals surface area contributed by atoms with Crippen molar-refractivity contribution >= 4 is 10.1 Å². The van der Waals surface area contributed by atoms with E-state index in [1.807, 2.05) is 0 Å². The molecule has 16 heavy (non-hydrogen) atoms. The molecule has 0 aromatic heterocycles. The molecule has 0 aliphatic heterocycles. The molecule has 88 valence electrons. The summed E-state index contributed by atoms with van der Waals surface area (Å²) in [6, 6.07) is 0. The first kappa shape index (κ1) is 18.7. The van der Waals surface area contributed by atoms with Crippen LogP contribution in [0.25, 0.3) is 0 Å². The molecule has 5 nitrogen and oxygen atoms in total. The summed E-state index contributed by atoms with van der Waals surface area (Å²) in [6.45, 7) is 8.17. The summed E-state index contributed by atoms with van der Waals surface area (Å²) in [5, 5.41) is 9.32. The summed E-state index contributed by atoms with van der Waals surface area (Å²) in [5.74, 6) is -0.766. The third-order valence-corrected chi connectivity index (χ3v) is 2.43. The molecule has 7 heteroatoms. The van der Waals surface area contributed by atoms with E-state index in [4.69, 9.17) is 0 Å². The van der Waals surface area contributed by atoms with Crippen molar-refractivity contribution in [1.82, 2.24) is 4.90 Å². The van der Waals surface area contributed by atoms with Crippen molar-refractivity contribution < 1.29 is 47.6 Å². The SMILES string of the molecule is C=CCN(CC=C)CC(O)CS(=O)(=O)[O-].[Na+]. The maximum Gasteiger partial charge on any atom is 1.00 e. The minimum Gasteiger partial charge on any atom is -0.748 e. The number of rotatable bonds is 8. The quantitative estimate of drug-likeness (QED) is 0.278. The van der Waals surface area contributed by atoms with Crippen molar-refractivity contribution in [1.29, 1.82) is 0 Å². The van der Waals surface area contributed by atoms with Gasteiger partial charge >= 0.3 is 29.6 Å². The van der Waals surface area contributed by atoms with E-state index in [1.165, 1.54) is 0 Å². The second-order valence-electron chi connectivity index (χ2n) is 3.17. The van der Waals surface area contributed by atoms with Gasteiger partial charge in [-0.15, -0.1) is 13.2 Å². The topological polar surface area (TPSA) is 80.7 Å². The van der Waals surface area contributed by atoms with Crippen LogP contribution in [0.4, 0.5) is 0 Å². The van der Waals surface area contributed by atoms with Gasteiger partial charge in [0.15, 0.2) is 0 Å². The molecule has 0 amide bonds. The van der Waals surface area contributed by atoms with E-state index in [2.05, 4.69) is 13.2 Å². The molecule has 0 aromatic carbocycles. The van der Waals surface area contributed by atoms with Crippen molar-refractivity contribution in [2.75, 3.05) is 25.4 Å². The zero-order valence-corrected chi connectivity index (χ0v) is 12.3. The Bertz CT molecular complexity index is 295. The molecule has 0 aromatic rings. The van der Waals surface area contributed by atoms with Crippen molar-refractivity contribution in [3.63, 3.8) is 0 Å². The Balaban J connectivity index is 0. The molecule has 0 saturated heterocycles. The second-order valence-corrected chi connectivity index (χ2v) is 4.62. The van der Waals surface area contributed by atoms with E-state index in [0.717, 1.165) is 0 Å². The van der Waals surface area contributed by atoms with Crippen LogP contribution in [0.15, 0.2) is 25.3 Å². The summed E-state index contributed by atoms with van der Waals surface area (Å²) in [5.41, 5.74) is 0. The van der Waals surface area contributed by atoms with Gasteiger partial charge in [-0.2, -0.15) is 0 Å². The molecule has 0 rings (SSSR count). The molecule has 0 saturated carbocycles. The Morgan fingerprint density at radius 2 is 1.75 bits per heavy atom. The Morgan fingerprint density at radius 1 is 1.31 bits per heavy atom. The van der Waals surface area contributed by atoms with Crippen LogP contribution in [0, 0.1) is 0 Å². The van der Waals surface area contributed by atoms with Gasteiger partial charge in [-0.3, -0.25) is 4.90 Å². The molecule has 0 aliphatic carbocycles. The van der Waals surface area contributed by atoms with Crippen LogP contribution < -0.4 is 29.6 Å². The standard InChI is InChI=1S/C9H17NO4S.Na/c1-3-5-10(6-4-2)7-9(11)8-15(12,13)14;/h3-4,9,11H,1-2,5-8H2,(H,12,13,14);/q;+1/p-1. The number of hydrogen-bond acceptors (Lipinski definition) is 5. The van der Waals surface area contributed by atoms with E-state index in [1.54, 1.807) is 17.1 Å². The third-order valence-electron chi connectivity index (χ3n) is 1.64. The normalized spacial score (nSPS) is 12.9. The fourth-order valence-corrected chi connectivity index (χ4v) is 1.75. The Kier molecular flexibility index (Phi) is 10.9. The molecule has 1 unspecified atom stereocenters. The second kappa shape index (κ2) is 9.35. The van der Waals surface area contributed by atoms with E-state index >= 15 is 0 Å². The molecular weight excluding hydrogens is 241 g/mol. The summed E-state index contributed by atoms with van der Waals surface area (Å²) >= 11 is 0. The van der Waals surface area contributed by atoms with Gasteiger partial charge in [-0.05, 0) is 0 Å². The van der Waals surface area contributed by atoms with Crippen molar-refractivity contribution in [3.05, 3.63) is 25.3 Å². The minimum atomic E-state index is -4.38. The zero-order valence-electron chi connectivity index (χ0n) is 9.50. The van der Waals surface area contributed by atoms with Crippen molar-refractivity contribution in [2.45, 2.75) is 6.10 Å². The molecule has 0 fully saturated rings. The first-order chi connectivity index (χ1) is 6.89. The van der Waals surface area contributed by atoms with Gasteiger partial charge in [0, 0.05) is 19.6 Å². The molecule has 0 aliphatic rings. The van der Waals surface area contributed by atoms with Crippen molar-refractivity contribution in [3.8, 4) is 0 Å². The average molecular weight is 257 g/mol. The molecule has 0 spiro atoms. The Hall–Kier alpha value is 0.310. The van der Waals surface area contributed by atoms with Gasteiger partial charge in [0.25, 0.3) is 0 Å². The van der Waals surface area contributed by atoms with Crippen LogP contribution in [0.5, 0.6) is 0 Å². The van der Waals surface area contributed by atoms with Gasteiger partial charge in [-0.25, -0.2) is 8.42 Å². The predicted octanol–water partition coefficient (Wildman–Crippen LogP) is -3.43. The molecule has 1 atom stereocenters.